The van der Waals surface area contributed by atoms with Gasteiger partial charge < -0.3 is 9.47 Å². The Labute approximate surface area is 149 Å². The minimum atomic E-state index is 0.420. The minimum Gasteiger partial charge on any atom is -0.494 e. The van der Waals surface area contributed by atoms with Crippen LogP contribution in [0.4, 0.5) is 0 Å². The van der Waals surface area contributed by atoms with E-state index in [0.29, 0.717) is 30.6 Å². The lowest BCUT2D eigenvalue weighted by molar-refractivity contribution is -0.104. The molecule has 0 radical (unpaired) electrons. The Morgan fingerprint density at radius 3 is 2.28 bits per heavy atom. The third-order valence-electron chi connectivity index (χ3n) is 3.49. The number of ether oxygens (including phenoxy) is 2. The van der Waals surface area contributed by atoms with Crippen LogP contribution in [0.2, 0.25) is 0 Å². The number of rotatable bonds is 13. The fraction of sp³-hybridized carbons (Fsp3) is 0.333. The highest BCUT2D eigenvalue weighted by molar-refractivity contribution is 5.76. The zero-order valence-electron chi connectivity index (χ0n) is 14.8. The Morgan fingerprint density at radius 1 is 1.00 bits per heavy atom. The van der Waals surface area contributed by atoms with E-state index in [9.17, 15) is 9.59 Å². The molecule has 1 rings (SSSR count). The number of aldehydes is 2. The first-order valence-electron chi connectivity index (χ1n) is 8.49. The van der Waals surface area contributed by atoms with Crippen LogP contribution in [0, 0.1) is 0 Å². The van der Waals surface area contributed by atoms with Crippen molar-refractivity contribution in [1.82, 2.24) is 0 Å². The number of benzene rings is 1. The molecule has 4 heteroatoms. The number of unbranched alkanes of at least 4 members (excludes halogenated alkanes) is 3. The average molecular weight is 342 g/mol. The fourth-order valence-corrected chi connectivity index (χ4v) is 2.04. The Bertz CT molecular complexity index is 597. The van der Waals surface area contributed by atoms with Crippen LogP contribution in [0.1, 0.15) is 43.0 Å². The van der Waals surface area contributed by atoms with Crippen LogP contribution in [0.5, 0.6) is 5.75 Å². The first kappa shape index (κ1) is 20.4. The second kappa shape index (κ2) is 12.8. The molecule has 0 aromatic heterocycles. The summed E-state index contributed by atoms with van der Waals surface area (Å²) in [5.41, 5.74) is 1.07. The van der Waals surface area contributed by atoms with Gasteiger partial charge in [0, 0.05) is 11.1 Å². The molecular weight excluding hydrogens is 316 g/mol. The van der Waals surface area contributed by atoms with Crippen LogP contribution in [-0.2, 0) is 9.53 Å². The Morgan fingerprint density at radius 2 is 1.68 bits per heavy atom. The highest BCUT2D eigenvalue weighted by Crippen LogP contribution is 2.12. The van der Waals surface area contributed by atoms with E-state index in [4.69, 9.17) is 9.47 Å². The molecule has 0 unspecified atom stereocenters. The third-order valence-corrected chi connectivity index (χ3v) is 3.49. The molecule has 0 aliphatic rings. The highest BCUT2D eigenvalue weighted by Gasteiger charge is 1.97. The lowest BCUT2D eigenvalue weighted by atomic mass is 10.2. The first-order valence-corrected chi connectivity index (χ1v) is 8.49. The van der Waals surface area contributed by atoms with Gasteiger partial charge in [-0.15, -0.1) is 0 Å². The molecule has 0 spiro atoms. The van der Waals surface area contributed by atoms with Gasteiger partial charge in [0.1, 0.15) is 24.1 Å². The van der Waals surface area contributed by atoms with E-state index in [1.165, 1.54) is 0 Å². The second-order valence-electron chi connectivity index (χ2n) is 5.52. The summed E-state index contributed by atoms with van der Waals surface area (Å²) in [4.78, 5) is 21.0. The predicted octanol–water partition coefficient (Wildman–Crippen LogP) is 4.67. The molecule has 0 bridgehead atoms. The van der Waals surface area contributed by atoms with Gasteiger partial charge in [0.2, 0.25) is 0 Å². The lowest BCUT2D eigenvalue weighted by Crippen LogP contribution is -1.98. The molecule has 4 nitrogen and oxygen atoms in total. The van der Waals surface area contributed by atoms with Gasteiger partial charge in [0.05, 0.1) is 13.2 Å². The summed E-state index contributed by atoms with van der Waals surface area (Å²) in [6.45, 7) is 6.78. The molecule has 0 saturated carbocycles. The molecule has 1 aromatic rings. The molecule has 0 heterocycles. The van der Waals surface area contributed by atoms with E-state index >= 15 is 0 Å². The van der Waals surface area contributed by atoms with Gasteiger partial charge in [-0.3, -0.25) is 9.59 Å². The molecule has 0 aliphatic carbocycles. The number of allylic oxidation sites excluding steroid dienone is 4. The van der Waals surface area contributed by atoms with Gasteiger partial charge in [-0.25, -0.2) is 0 Å². The molecule has 0 atom stereocenters. The average Bonchev–Trinajstić information content (AvgIpc) is 2.66. The van der Waals surface area contributed by atoms with E-state index in [-0.39, 0.29) is 0 Å². The first-order chi connectivity index (χ1) is 12.2. The second-order valence-corrected chi connectivity index (χ2v) is 5.52. The maximum atomic E-state index is 10.6. The van der Waals surface area contributed by atoms with Gasteiger partial charge >= 0.3 is 0 Å². The molecule has 1 aromatic carbocycles. The molecule has 0 aliphatic heterocycles. The van der Waals surface area contributed by atoms with Crippen LogP contribution in [0.15, 0.2) is 60.4 Å². The van der Waals surface area contributed by atoms with E-state index in [1.54, 1.807) is 24.3 Å². The lowest BCUT2D eigenvalue weighted by Gasteiger charge is -2.08. The van der Waals surface area contributed by atoms with Crippen LogP contribution in [-0.4, -0.2) is 25.8 Å². The molecule has 134 valence electrons. The number of carbonyl (C=O) groups is 2. The summed E-state index contributed by atoms with van der Waals surface area (Å²) in [6, 6.07) is 7.11. The van der Waals surface area contributed by atoms with E-state index in [2.05, 4.69) is 6.58 Å². The minimum absolute atomic E-state index is 0.420. The molecule has 25 heavy (non-hydrogen) atoms. The number of hydrogen-bond acceptors (Lipinski definition) is 4. The quantitative estimate of drug-likeness (QED) is 0.172. The van der Waals surface area contributed by atoms with Crippen LogP contribution >= 0.6 is 0 Å². The number of carbonyl (C=O) groups excluding carboxylic acids is 2. The van der Waals surface area contributed by atoms with E-state index < -0.39 is 0 Å². The molecule has 0 fully saturated rings. The zero-order chi connectivity index (χ0) is 18.3. The van der Waals surface area contributed by atoms with Crippen molar-refractivity contribution in [2.75, 3.05) is 13.2 Å². The van der Waals surface area contributed by atoms with Gasteiger partial charge in [-0.05, 0) is 75.1 Å². The fourth-order valence-electron chi connectivity index (χ4n) is 2.04. The molecule has 0 saturated heterocycles. The van der Waals surface area contributed by atoms with Crippen molar-refractivity contribution in [3.63, 3.8) is 0 Å². The van der Waals surface area contributed by atoms with Gasteiger partial charge in [-0.1, -0.05) is 6.58 Å². The summed E-state index contributed by atoms with van der Waals surface area (Å²) < 4.78 is 11.3. The summed E-state index contributed by atoms with van der Waals surface area (Å²) in [5, 5.41) is 0. The maximum Gasteiger partial charge on any atom is 0.150 e. The van der Waals surface area contributed by atoms with Crippen LogP contribution in [0.3, 0.4) is 0 Å². The standard InChI is InChI=1S/C21H26O4/c1-3-20(11-8-18(2)16-22)24-14-6-4-5-7-15-25-21-12-9-19(17-23)10-13-21/h3,8-13,16-17H,2,4-7,14-15H2,1H3/b11-8-,20-3+. The molecule has 0 N–H and O–H groups in total. The van der Waals surface area contributed by atoms with E-state index in [1.807, 2.05) is 25.1 Å². The van der Waals surface area contributed by atoms with Crippen molar-refractivity contribution in [2.45, 2.75) is 32.6 Å². The highest BCUT2D eigenvalue weighted by atomic mass is 16.5. The zero-order valence-corrected chi connectivity index (χ0v) is 14.8. The van der Waals surface area contributed by atoms with E-state index in [0.717, 1.165) is 43.5 Å². The molecule has 0 amide bonds. The van der Waals surface area contributed by atoms with Crippen molar-refractivity contribution in [3.05, 3.63) is 66.0 Å². The Hall–Kier alpha value is -2.62. The predicted molar refractivity (Wildman–Crippen MR) is 99.8 cm³/mol. The SMILES string of the molecule is C=C(C=O)/C=C\C(=C/C)OCCCCCCOc1ccc(C=O)cc1. The van der Waals surface area contributed by atoms with Crippen molar-refractivity contribution in [3.8, 4) is 5.75 Å². The van der Waals surface area contributed by atoms with Gasteiger partial charge in [0.25, 0.3) is 0 Å². The largest absolute Gasteiger partial charge is 0.494 e. The monoisotopic (exact) mass is 342 g/mol. The summed E-state index contributed by atoms with van der Waals surface area (Å²) >= 11 is 0. The van der Waals surface area contributed by atoms with Crippen LogP contribution < -0.4 is 4.74 Å². The van der Waals surface area contributed by atoms with Gasteiger partial charge in [0.15, 0.2) is 0 Å². The summed E-state index contributed by atoms with van der Waals surface area (Å²) in [6.07, 6.45) is 10.9. The topological polar surface area (TPSA) is 52.6 Å². The normalized spacial score (nSPS) is 11.3. The number of hydrogen-bond donors (Lipinski definition) is 0. The van der Waals surface area contributed by atoms with Crippen molar-refractivity contribution >= 4 is 12.6 Å². The van der Waals surface area contributed by atoms with Crippen molar-refractivity contribution in [1.29, 1.82) is 0 Å². The molecular formula is C21H26O4. The van der Waals surface area contributed by atoms with Crippen molar-refractivity contribution in [2.24, 2.45) is 0 Å². The smallest absolute Gasteiger partial charge is 0.150 e. The Balaban J connectivity index is 2.07. The van der Waals surface area contributed by atoms with Crippen molar-refractivity contribution < 1.29 is 19.1 Å². The third kappa shape index (κ3) is 9.30. The summed E-state index contributed by atoms with van der Waals surface area (Å²) in [7, 11) is 0. The van der Waals surface area contributed by atoms with Gasteiger partial charge in [-0.2, -0.15) is 0 Å². The maximum absolute atomic E-state index is 10.6. The van der Waals surface area contributed by atoms with Crippen LogP contribution in [0.25, 0.3) is 0 Å². The summed E-state index contributed by atoms with van der Waals surface area (Å²) in [5.74, 6) is 1.53. The Kier molecular flexibility index (Phi) is 10.4.